The molecular formula is C12H14BrNO3. The Kier molecular flexibility index (Phi) is 3.69. The molecule has 1 atom stereocenters. The average molecular weight is 300 g/mol. The first-order chi connectivity index (χ1) is 8.14. The highest BCUT2D eigenvalue weighted by atomic mass is 79.9. The van der Waals surface area contributed by atoms with E-state index in [1.54, 1.807) is 0 Å². The minimum atomic E-state index is -1.01. The van der Waals surface area contributed by atoms with Gasteiger partial charge in [0.15, 0.2) is 5.54 Å². The zero-order valence-corrected chi connectivity index (χ0v) is 10.9. The van der Waals surface area contributed by atoms with E-state index in [2.05, 4.69) is 21.2 Å². The first-order valence-corrected chi connectivity index (χ1v) is 6.27. The Morgan fingerprint density at radius 1 is 1.47 bits per heavy atom. The summed E-state index contributed by atoms with van der Waals surface area (Å²) in [4.78, 5) is 11.4. The number of carbonyl (C=O) groups is 1. The van der Waals surface area contributed by atoms with Gasteiger partial charge in [-0.2, -0.15) is 0 Å². The van der Waals surface area contributed by atoms with Gasteiger partial charge in [-0.25, -0.2) is 4.79 Å². The lowest BCUT2D eigenvalue weighted by atomic mass is 9.92. The molecule has 0 aliphatic carbocycles. The maximum absolute atomic E-state index is 11.4. The predicted octanol–water partition coefficient (Wildman–Crippen LogP) is 2.49. The summed E-state index contributed by atoms with van der Waals surface area (Å²) >= 11 is 3.40. The number of halogens is 1. The Bertz CT molecular complexity index is 416. The first-order valence-electron chi connectivity index (χ1n) is 5.48. The molecule has 1 aromatic rings. The van der Waals surface area contributed by atoms with Crippen LogP contribution in [-0.2, 0) is 9.53 Å². The monoisotopic (exact) mass is 299 g/mol. The molecule has 1 heterocycles. The SMILES string of the molecule is O=C(O)C1(Nc2ccccc2Br)CCCOC1. The van der Waals surface area contributed by atoms with Gasteiger partial charge in [-0.3, -0.25) is 0 Å². The van der Waals surface area contributed by atoms with Gasteiger partial charge in [0.1, 0.15) is 0 Å². The van der Waals surface area contributed by atoms with E-state index in [1.807, 2.05) is 24.3 Å². The number of hydrogen-bond acceptors (Lipinski definition) is 3. The smallest absolute Gasteiger partial charge is 0.331 e. The van der Waals surface area contributed by atoms with E-state index in [0.717, 1.165) is 16.6 Å². The maximum Gasteiger partial charge on any atom is 0.331 e. The summed E-state index contributed by atoms with van der Waals surface area (Å²) in [6.45, 7) is 0.830. The number of ether oxygens (including phenoxy) is 1. The van der Waals surface area contributed by atoms with Crippen LogP contribution in [0.4, 0.5) is 5.69 Å². The van der Waals surface area contributed by atoms with Gasteiger partial charge < -0.3 is 15.2 Å². The molecule has 0 saturated carbocycles. The second-order valence-electron chi connectivity index (χ2n) is 4.15. The third-order valence-electron chi connectivity index (χ3n) is 2.90. The Balaban J connectivity index is 2.24. The highest BCUT2D eigenvalue weighted by molar-refractivity contribution is 9.10. The van der Waals surface area contributed by atoms with Gasteiger partial charge in [-0.15, -0.1) is 0 Å². The molecule has 2 rings (SSSR count). The number of nitrogens with one attached hydrogen (secondary N) is 1. The quantitative estimate of drug-likeness (QED) is 0.900. The van der Waals surface area contributed by atoms with Crippen LogP contribution in [0.25, 0.3) is 0 Å². The molecule has 1 aromatic carbocycles. The molecule has 1 saturated heterocycles. The molecule has 1 aliphatic rings. The van der Waals surface area contributed by atoms with Gasteiger partial charge >= 0.3 is 5.97 Å². The Labute approximate surface area is 108 Å². The van der Waals surface area contributed by atoms with Crippen molar-refractivity contribution in [2.24, 2.45) is 0 Å². The summed E-state index contributed by atoms with van der Waals surface area (Å²) in [6.07, 6.45) is 1.33. The number of carboxylic acids is 1. The minimum Gasteiger partial charge on any atom is -0.479 e. The topological polar surface area (TPSA) is 58.6 Å². The highest BCUT2D eigenvalue weighted by Gasteiger charge is 2.40. The largest absolute Gasteiger partial charge is 0.479 e. The van der Waals surface area contributed by atoms with E-state index in [4.69, 9.17) is 4.74 Å². The number of benzene rings is 1. The molecule has 17 heavy (non-hydrogen) atoms. The number of para-hydroxylation sites is 1. The van der Waals surface area contributed by atoms with Crippen molar-refractivity contribution in [1.82, 2.24) is 0 Å². The molecule has 0 bridgehead atoms. The average Bonchev–Trinajstić information content (AvgIpc) is 2.33. The van der Waals surface area contributed by atoms with Gasteiger partial charge in [0.2, 0.25) is 0 Å². The van der Waals surface area contributed by atoms with Crippen molar-refractivity contribution in [2.45, 2.75) is 18.4 Å². The van der Waals surface area contributed by atoms with Crippen molar-refractivity contribution in [3.05, 3.63) is 28.7 Å². The minimum absolute atomic E-state index is 0.198. The second kappa shape index (κ2) is 5.06. The van der Waals surface area contributed by atoms with E-state index in [1.165, 1.54) is 0 Å². The van der Waals surface area contributed by atoms with Gasteiger partial charge in [-0.05, 0) is 40.9 Å². The molecular weight excluding hydrogens is 286 g/mol. The van der Waals surface area contributed by atoms with E-state index >= 15 is 0 Å². The van der Waals surface area contributed by atoms with Crippen LogP contribution in [-0.4, -0.2) is 29.8 Å². The zero-order chi connectivity index (χ0) is 12.3. The highest BCUT2D eigenvalue weighted by Crippen LogP contribution is 2.29. The van der Waals surface area contributed by atoms with Crippen LogP contribution >= 0.6 is 15.9 Å². The molecule has 5 heteroatoms. The van der Waals surface area contributed by atoms with Crippen LogP contribution in [0.5, 0.6) is 0 Å². The Hall–Kier alpha value is -1.07. The Morgan fingerprint density at radius 2 is 2.24 bits per heavy atom. The molecule has 1 aliphatic heterocycles. The van der Waals surface area contributed by atoms with E-state index in [-0.39, 0.29) is 6.61 Å². The molecule has 0 amide bonds. The van der Waals surface area contributed by atoms with Crippen molar-refractivity contribution in [3.63, 3.8) is 0 Å². The maximum atomic E-state index is 11.4. The third kappa shape index (κ3) is 2.61. The third-order valence-corrected chi connectivity index (χ3v) is 3.59. The van der Waals surface area contributed by atoms with Crippen LogP contribution in [0, 0.1) is 0 Å². The van der Waals surface area contributed by atoms with Crippen LogP contribution < -0.4 is 5.32 Å². The lowest BCUT2D eigenvalue weighted by molar-refractivity contribution is -0.146. The fraction of sp³-hybridized carbons (Fsp3) is 0.417. The number of aliphatic carboxylic acids is 1. The molecule has 0 radical (unpaired) electrons. The van der Waals surface area contributed by atoms with E-state index in [9.17, 15) is 9.90 Å². The molecule has 1 unspecified atom stereocenters. The number of carboxylic acid groups (broad SMARTS) is 1. The van der Waals surface area contributed by atoms with Gasteiger partial charge in [0.05, 0.1) is 6.61 Å². The molecule has 4 nitrogen and oxygen atoms in total. The number of hydrogen-bond donors (Lipinski definition) is 2. The van der Waals surface area contributed by atoms with Gasteiger partial charge in [0, 0.05) is 16.8 Å². The van der Waals surface area contributed by atoms with Crippen molar-refractivity contribution >= 4 is 27.6 Å². The fourth-order valence-electron chi connectivity index (χ4n) is 1.94. The van der Waals surface area contributed by atoms with Crippen LogP contribution in [0.1, 0.15) is 12.8 Å². The van der Waals surface area contributed by atoms with Crippen LogP contribution in [0.2, 0.25) is 0 Å². The lowest BCUT2D eigenvalue weighted by Crippen LogP contribution is -2.52. The van der Waals surface area contributed by atoms with Crippen molar-refractivity contribution < 1.29 is 14.6 Å². The summed E-state index contributed by atoms with van der Waals surface area (Å²) < 4.78 is 6.15. The molecule has 92 valence electrons. The number of rotatable bonds is 3. The summed E-state index contributed by atoms with van der Waals surface area (Å²) in [5.74, 6) is -0.868. The van der Waals surface area contributed by atoms with Gasteiger partial charge in [-0.1, -0.05) is 12.1 Å². The van der Waals surface area contributed by atoms with Crippen LogP contribution in [0.15, 0.2) is 28.7 Å². The first kappa shape index (κ1) is 12.4. The van der Waals surface area contributed by atoms with E-state index in [0.29, 0.717) is 13.0 Å². The molecule has 0 spiro atoms. The van der Waals surface area contributed by atoms with Crippen molar-refractivity contribution in [2.75, 3.05) is 18.5 Å². The van der Waals surface area contributed by atoms with Crippen LogP contribution in [0.3, 0.4) is 0 Å². The summed E-state index contributed by atoms with van der Waals surface area (Å²) in [7, 11) is 0. The lowest BCUT2D eigenvalue weighted by Gasteiger charge is -2.34. The normalized spacial score (nSPS) is 24.3. The van der Waals surface area contributed by atoms with Crippen molar-refractivity contribution in [1.29, 1.82) is 0 Å². The zero-order valence-electron chi connectivity index (χ0n) is 9.28. The summed E-state index contributed by atoms with van der Waals surface area (Å²) in [5.41, 5.74) is -0.234. The Morgan fingerprint density at radius 3 is 2.82 bits per heavy atom. The number of anilines is 1. The molecule has 2 N–H and O–H groups in total. The standard InChI is InChI=1S/C12H14BrNO3/c13-9-4-1-2-5-10(9)14-12(11(15)16)6-3-7-17-8-12/h1-2,4-5,14H,3,6-8H2,(H,15,16). The van der Waals surface area contributed by atoms with Gasteiger partial charge in [0.25, 0.3) is 0 Å². The second-order valence-corrected chi connectivity index (χ2v) is 5.00. The van der Waals surface area contributed by atoms with Crippen molar-refractivity contribution in [3.8, 4) is 0 Å². The summed E-state index contributed by atoms with van der Waals surface area (Å²) in [6, 6.07) is 7.48. The predicted molar refractivity (Wildman–Crippen MR) is 68.2 cm³/mol. The summed E-state index contributed by atoms with van der Waals surface area (Å²) in [5, 5.41) is 12.5. The molecule has 0 aromatic heterocycles. The fourth-order valence-corrected chi connectivity index (χ4v) is 2.32. The molecule has 1 fully saturated rings. The van der Waals surface area contributed by atoms with E-state index < -0.39 is 11.5 Å².